The van der Waals surface area contributed by atoms with Crippen molar-refractivity contribution in [3.05, 3.63) is 48.0 Å². The summed E-state index contributed by atoms with van der Waals surface area (Å²) in [5.74, 6) is -2.39. The van der Waals surface area contributed by atoms with Gasteiger partial charge >= 0.3 is 11.9 Å². The number of rotatable bonds is 10. The number of fused-ring (bicyclic) bond motifs is 1. The molecule has 0 saturated heterocycles. The van der Waals surface area contributed by atoms with Gasteiger partial charge in [0.1, 0.15) is 5.60 Å². The SMILES string of the molecule is CC(C)(C)OC(=O)[C@H](OCCCCCc1ccc2ccccc2c1)[C@@H](O)C(=O)O. The van der Waals surface area contributed by atoms with Gasteiger partial charge in [0.2, 0.25) is 0 Å². The van der Waals surface area contributed by atoms with Crippen LogP contribution in [0.25, 0.3) is 10.8 Å². The monoisotopic (exact) mass is 402 g/mol. The van der Waals surface area contributed by atoms with Crippen LogP contribution in [-0.2, 0) is 25.5 Å². The highest BCUT2D eigenvalue weighted by Gasteiger charge is 2.36. The molecule has 0 aliphatic rings. The van der Waals surface area contributed by atoms with Crippen LogP contribution in [0.2, 0.25) is 0 Å². The van der Waals surface area contributed by atoms with Crippen LogP contribution >= 0.6 is 0 Å². The molecule has 0 radical (unpaired) electrons. The lowest BCUT2D eigenvalue weighted by atomic mass is 10.0. The van der Waals surface area contributed by atoms with E-state index in [1.807, 2.05) is 12.1 Å². The highest BCUT2D eigenvalue weighted by molar-refractivity contribution is 5.84. The van der Waals surface area contributed by atoms with Gasteiger partial charge in [0, 0.05) is 6.61 Å². The molecule has 2 rings (SSSR count). The van der Waals surface area contributed by atoms with Crippen molar-refractivity contribution in [1.29, 1.82) is 0 Å². The average Bonchev–Trinajstić information content (AvgIpc) is 2.65. The van der Waals surface area contributed by atoms with Crippen molar-refractivity contribution in [1.82, 2.24) is 0 Å². The third-order valence-electron chi connectivity index (χ3n) is 4.40. The first-order chi connectivity index (χ1) is 13.7. The molecule has 0 unspecified atom stereocenters. The minimum atomic E-state index is -1.96. The lowest BCUT2D eigenvalue weighted by Crippen LogP contribution is -2.45. The van der Waals surface area contributed by atoms with E-state index in [0.29, 0.717) is 6.42 Å². The van der Waals surface area contributed by atoms with Gasteiger partial charge in [-0.05, 0) is 56.4 Å². The minimum absolute atomic E-state index is 0.173. The van der Waals surface area contributed by atoms with Crippen LogP contribution in [0, 0.1) is 0 Å². The number of aryl methyl sites for hydroxylation is 1. The topological polar surface area (TPSA) is 93.1 Å². The van der Waals surface area contributed by atoms with Gasteiger partial charge in [0.05, 0.1) is 0 Å². The predicted octanol–water partition coefficient (Wildman–Crippen LogP) is 3.73. The molecule has 0 saturated carbocycles. The second-order valence-corrected chi connectivity index (χ2v) is 8.10. The number of aliphatic hydroxyl groups is 1. The standard InChI is InChI=1S/C23H30O6/c1-23(2,3)29-22(27)20(19(24)21(25)26)28-14-8-4-5-9-16-12-13-17-10-6-7-11-18(17)15-16/h6-7,10-13,15,19-20,24H,4-5,8-9,14H2,1-3H3,(H,25,26)/t19-,20-/m1/s1. The maximum Gasteiger partial charge on any atom is 0.339 e. The summed E-state index contributed by atoms with van der Waals surface area (Å²) in [6.07, 6.45) is -0.108. The van der Waals surface area contributed by atoms with Gasteiger partial charge in [-0.3, -0.25) is 0 Å². The number of carboxylic acids is 1. The zero-order valence-electron chi connectivity index (χ0n) is 17.3. The van der Waals surface area contributed by atoms with Crippen LogP contribution in [-0.4, -0.2) is 46.6 Å². The summed E-state index contributed by atoms with van der Waals surface area (Å²) >= 11 is 0. The normalized spacial score (nSPS) is 13.8. The zero-order valence-corrected chi connectivity index (χ0v) is 17.3. The van der Waals surface area contributed by atoms with E-state index >= 15 is 0 Å². The number of carboxylic acid groups (broad SMARTS) is 1. The molecule has 0 bridgehead atoms. The molecule has 0 fully saturated rings. The lowest BCUT2D eigenvalue weighted by molar-refractivity contribution is -0.183. The zero-order chi connectivity index (χ0) is 21.4. The third-order valence-corrected chi connectivity index (χ3v) is 4.40. The van der Waals surface area contributed by atoms with Crippen molar-refractivity contribution < 1.29 is 29.3 Å². The number of aliphatic carboxylic acids is 1. The Morgan fingerprint density at radius 2 is 1.69 bits per heavy atom. The van der Waals surface area contributed by atoms with E-state index in [2.05, 4.69) is 30.3 Å². The molecular weight excluding hydrogens is 372 g/mol. The van der Waals surface area contributed by atoms with Crippen molar-refractivity contribution >= 4 is 22.7 Å². The molecule has 0 aliphatic heterocycles. The summed E-state index contributed by atoms with van der Waals surface area (Å²) in [6, 6.07) is 14.7. The predicted molar refractivity (Wildman–Crippen MR) is 111 cm³/mol. The van der Waals surface area contributed by atoms with Crippen LogP contribution in [0.4, 0.5) is 0 Å². The average molecular weight is 402 g/mol. The Hall–Kier alpha value is -2.44. The van der Waals surface area contributed by atoms with E-state index in [1.54, 1.807) is 20.8 Å². The molecule has 6 heteroatoms. The maximum atomic E-state index is 12.1. The molecule has 158 valence electrons. The number of unbranched alkanes of at least 4 members (excludes halogenated alkanes) is 2. The molecule has 6 nitrogen and oxygen atoms in total. The molecule has 0 spiro atoms. The Morgan fingerprint density at radius 1 is 1.00 bits per heavy atom. The van der Waals surface area contributed by atoms with Crippen LogP contribution < -0.4 is 0 Å². The first kappa shape index (κ1) is 22.8. The largest absolute Gasteiger partial charge is 0.479 e. The Balaban J connectivity index is 1.78. The van der Waals surface area contributed by atoms with E-state index < -0.39 is 29.7 Å². The van der Waals surface area contributed by atoms with Crippen LogP contribution in [0.1, 0.15) is 45.6 Å². The molecule has 0 aliphatic carbocycles. The Kier molecular flexibility index (Phi) is 8.17. The maximum absolute atomic E-state index is 12.1. The quantitative estimate of drug-likeness (QED) is 0.465. The Morgan fingerprint density at radius 3 is 2.34 bits per heavy atom. The lowest BCUT2D eigenvalue weighted by Gasteiger charge is -2.25. The molecule has 2 atom stereocenters. The van der Waals surface area contributed by atoms with Gasteiger partial charge in [-0.2, -0.15) is 0 Å². The second-order valence-electron chi connectivity index (χ2n) is 8.10. The van der Waals surface area contributed by atoms with Gasteiger partial charge in [-0.15, -0.1) is 0 Å². The van der Waals surface area contributed by atoms with Gasteiger partial charge in [0.15, 0.2) is 12.2 Å². The van der Waals surface area contributed by atoms with E-state index in [4.69, 9.17) is 14.6 Å². The van der Waals surface area contributed by atoms with Gasteiger partial charge in [-0.1, -0.05) is 48.9 Å². The summed E-state index contributed by atoms with van der Waals surface area (Å²) in [5.41, 5.74) is 0.467. The summed E-state index contributed by atoms with van der Waals surface area (Å²) in [6.45, 7) is 5.18. The molecule has 0 heterocycles. The molecule has 0 amide bonds. The van der Waals surface area contributed by atoms with Crippen molar-refractivity contribution in [2.45, 2.75) is 64.3 Å². The van der Waals surface area contributed by atoms with Crippen molar-refractivity contribution in [3.8, 4) is 0 Å². The number of hydrogen-bond acceptors (Lipinski definition) is 5. The fraction of sp³-hybridized carbons (Fsp3) is 0.478. The number of aliphatic hydroxyl groups excluding tert-OH is 1. The fourth-order valence-corrected chi connectivity index (χ4v) is 2.99. The summed E-state index contributed by atoms with van der Waals surface area (Å²) in [7, 11) is 0. The number of esters is 1. The second kappa shape index (κ2) is 10.4. The third kappa shape index (κ3) is 7.48. The Labute approximate surface area is 171 Å². The summed E-state index contributed by atoms with van der Waals surface area (Å²) in [5, 5.41) is 21.2. The minimum Gasteiger partial charge on any atom is -0.479 e. The van der Waals surface area contributed by atoms with Crippen LogP contribution in [0.15, 0.2) is 42.5 Å². The number of carbonyl (C=O) groups excluding carboxylic acids is 1. The summed E-state index contributed by atoms with van der Waals surface area (Å²) in [4.78, 5) is 23.2. The van der Waals surface area contributed by atoms with Gasteiger partial charge in [0.25, 0.3) is 0 Å². The molecule has 0 aromatic heterocycles. The van der Waals surface area contributed by atoms with E-state index in [0.717, 1.165) is 19.3 Å². The fourth-order valence-electron chi connectivity index (χ4n) is 2.99. The number of benzene rings is 2. The molecule has 29 heavy (non-hydrogen) atoms. The molecule has 2 aromatic carbocycles. The van der Waals surface area contributed by atoms with E-state index in [-0.39, 0.29) is 6.61 Å². The smallest absolute Gasteiger partial charge is 0.339 e. The van der Waals surface area contributed by atoms with Crippen molar-refractivity contribution in [2.24, 2.45) is 0 Å². The summed E-state index contributed by atoms with van der Waals surface area (Å²) < 4.78 is 10.5. The van der Waals surface area contributed by atoms with E-state index in [1.165, 1.54) is 16.3 Å². The van der Waals surface area contributed by atoms with E-state index in [9.17, 15) is 14.7 Å². The Bertz CT molecular complexity index is 823. The highest BCUT2D eigenvalue weighted by Crippen LogP contribution is 2.18. The van der Waals surface area contributed by atoms with Crippen LogP contribution in [0.3, 0.4) is 0 Å². The molecule has 2 N–H and O–H groups in total. The first-order valence-electron chi connectivity index (χ1n) is 9.90. The van der Waals surface area contributed by atoms with Crippen LogP contribution in [0.5, 0.6) is 0 Å². The van der Waals surface area contributed by atoms with Crippen molar-refractivity contribution in [2.75, 3.05) is 6.61 Å². The van der Waals surface area contributed by atoms with Gasteiger partial charge in [-0.25, -0.2) is 9.59 Å². The molecule has 2 aromatic rings. The highest BCUT2D eigenvalue weighted by atomic mass is 16.6. The molecular formula is C23H30O6. The first-order valence-corrected chi connectivity index (χ1v) is 9.90. The van der Waals surface area contributed by atoms with Gasteiger partial charge < -0.3 is 19.7 Å². The number of hydrogen-bond donors (Lipinski definition) is 2. The van der Waals surface area contributed by atoms with Crippen molar-refractivity contribution in [3.63, 3.8) is 0 Å². The number of carbonyl (C=O) groups is 2. The number of ether oxygens (including phenoxy) is 2.